The molecule has 0 amide bonds. The Labute approximate surface area is 117 Å². The first kappa shape index (κ1) is 13.5. The molecule has 98 valence electrons. The van der Waals surface area contributed by atoms with E-state index in [2.05, 4.69) is 19.2 Å². The number of rotatable bonds is 4. The third-order valence-electron chi connectivity index (χ3n) is 2.73. The number of ether oxygens (including phenoxy) is 2. The molecule has 0 atom stereocenters. The van der Waals surface area contributed by atoms with Crippen LogP contribution in [0.2, 0.25) is 0 Å². The van der Waals surface area contributed by atoms with E-state index in [1.807, 2.05) is 30.3 Å². The summed E-state index contributed by atoms with van der Waals surface area (Å²) in [4.78, 5) is 11.7. The molecule has 0 aromatic heterocycles. The minimum Gasteiger partial charge on any atom is -0.492 e. The van der Waals surface area contributed by atoms with Gasteiger partial charge in [0.15, 0.2) is 11.5 Å². The molecule has 0 radical (unpaired) electrons. The summed E-state index contributed by atoms with van der Waals surface area (Å²) in [6.07, 6.45) is 0. The lowest BCUT2D eigenvalue weighted by Gasteiger charge is -2.12. The van der Waals surface area contributed by atoms with Crippen molar-refractivity contribution in [3.05, 3.63) is 48.6 Å². The molecule has 2 aromatic carbocycles. The fourth-order valence-electron chi connectivity index (χ4n) is 1.75. The highest BCUT2D eigenvalue weighted by Crippen LogP contribution is 2.35. The summed E-state index contributed by atoms with van der Waals surface area (Å²) < 4.78 is 10.6. The van der Waals surface area contributed by atoms with Crippen molar-refractivity contribution in [1.29, 1.82) is 0 Å². The van der Waals surface area contributed by atoms with E-state index in [4.69, 9.17) is 9.47 Å². The normalized spacial score (nSPS) is 10.2. The maximum Gasteiger partial charge on any atom is 0.339 e. The molecule has 0 spiro atoms. The summed E-state index contributed by atoms with van der Waals surface area (Å²) in [6.45, 7) is 3.60. The van der Waals surface area contributed by atoms with Crippen molar-refractivity contribution in [2.75, 3.05) is 12.9 Å². The molecule has 0 N–H and O–H groups in total. The van der Waals surface area contributed by atoms with Gasteiger partial charge in [-0.15, -0.1) is 0 Å². The molecule has 0 fully saturated rings. The highest BCUT2D eigenvalue weighted by Gasteiger charge is 2.14. The Morgan fingerprint density at radius 2 is 2.00 bits per heavy atom. The van der Waals surface area contributed by atoms with E-state index in [1.165, 1.54) is 0 Å². The van der Waals surface area contributed by atoms with Gasteiger partial charge in [-0.3, -0.25) is 0 Å². The molecule has 2 rings (SSSR count). The summed E-state index contributed by atoms with van der Waals surface area (Å²) in [5.74, 6) is 0.686. The molecule has 19 heavy (non-hydrogen) atoms. The first-order valence-corrected chi connectivity index (χ1v) is 6.37. The van der Waals surface area contributed by atoms with Gasteiger partial charge in [0.05, 0.1) is 7.11 Å². The Balaban J connectivity index is 2.43. The zero-order valence-corrected chi connectivity index (χ0v) is 11.4. The van der Waals surface area contributed by atoms with Crippen LogP contribution >= 0.6 is 12.6 Å². The monoisotopic (exact) mass is 274 g/mol. The molecule has 0 heterocycles. The van der Waals surface area contributed by atoms with Crippen molar-refractivity contribution >= 4 is 29.4 Å². The minimum absolute atomic E-state index is 0.259. The lowest BCUT2D eigenvalue weighted by Crippen LogP contribution is -2.12. The molecule has 0 aliphatic rings. The Hall–Kier alpha value is -1.94. The first-order chi connectivity index (χ1) is 9.17. The second-order valence-electron chi connectivity index (χ2n) is 3.97. The van der Waals surface area contributed by atoms with Crippen molar-refractivity contribution in [3.8, 4) is 11.5 Å². The molecule has 0 aliphatic heterocycles. The summed E-state index contributed by atoms with van der Waals surface area (Å²) in [5, 5.41) is 1.92. The minimum atomic E-state index is -0.497. The third-order valence-corrected chi connectivity index (χ3v) is 3.11. The molecular formula is C15H14O3S. The summed E-state index contributed by atoms with van der Waals surface area (Å²) in [5.41, 5.74) is 0.304. The van der Waals surface area contributed by atoms with Crippen LogP contribution < -0.4 is 9.47 Å². The van der Waals surface area contributed by atoms with Gasteiger partial charge in [-0.25, -0.2) is 4.79 Å². The van der Waals surface area contributed by atoms with Gasteiger partial charge >= 0.3 is 5.97 Å². The standard InChI is InChI=1S/C15H14O3S/c1-10(9-19)15(16)18-13-8-7-11-5-3-4-6-12(11)14(13)17-2/h3-8,19H,1,9H2,2H3. The molecular weight excluding hydrogens is 260 g/mol. The van der Waals surface area contributed by atoms with Crippen molar-refractivity contribution in [1.82, 2.24) is 0 Å². The number of methoxy groups -OCH3 is 1. The molecule has 2 aromatic rings. The SMILES string of the molecule is C=C(CS)C(=O)Oc1ccc2ccccc2c1OC. The molecule has 0 saturated heterocycles. The van der Waals surface area contributed by atoms with Crippen LogP contribution in [0.15, 0.2) is 48.6 Å². The van der Waals surface area contributed by atoms with Gasteiger partial charge in [0, 0.05) is 16.7 Å². The maximum absolute atomic E-state index is 11.7. The summed E-state index contributed by atoms with van der Waals surface area (Å²) in [6, 6.07) is 11.3. The number of fused-ring (bicyclic) bond motifs is 1. The fourth-order valence-corrected chi connectivity index (χ4v) is 1.88. The van der Waals surface area contributed by atoms with E-state index < -0.39 is 5.97 Å². The molecule has 0 saturated carbocycles. The van der Waals surface area contributed by atoms with Crippen LogP contribution in [-0.2, 0) is 4.79 Å². The van der Waals surface area contributed by atoms with Gasteiger partial charge in [0.25, 0.3) is 0 Å². The van der Waals surface area contributed by atoms with E-state index in [-0.39, 0.29) is 5.75 Å². The van der Waals surface area contributed by atoms with Gasteiger partial charge in [-0.05, 0) is 11.5 Å². The Morgan fingerprint density at radius 3 is 2.68 bits per heavy atom. The van der Waals surface area contributed by atoms with E-state index >= 15 is 0 Å². The van der Waals surface area contributed by atoms with Crippen LogP contribution in [0.4, 0.5) is 0 Å². The highest BCUT2D eigenvalue weighted by atomic mass is 32.1. The average Bonchev–Trinajstić information content (AvgIpc) is 2.46. The number of hydrogen-bond acceptors (Lipinski definition) is 4. The second-order valence-corrected chi connectivity index (χ2v) is 4.29. The predicted molar refractivity (Wildman–Crippen MR) is 79.1 cm³/mol. The van der Waals surface area contributed by atoms with Crippen LogP contribution in [0.25, 0.3) is 10.8 Å². The summed E-state index contributed by atoms with van der Waals surface area (Å²) in [7, 11) is 1.55. The van der Waals surface area contributed by atoms with Crippen molar-refractivity contribution in [3.63, 3.8) is 0 Å². The van der Waals surface area contributed by atoms with Crippen LogP contribution in [0.1, 0.15) is 0 Å². The largest absolute Gasteiger partial charge is 0.492 e. The molecule has 0 bridgehead atoms. The van der Waals surface area contributed by atoms with Gasteiger partial charge in [-0.2, -0.15) is 12.6 Å². The van der Waals surface area contributed by atoms with Gasteiger partial charge in [0.2, 0.25) is 0 Å². The highest BCUT2D eigenvalue weighted by molar-refractivity contribution is 7.80. The maximum atomic E-state index is 11.7. The zero-order chi connectivity index (χ0) is 13.8. The molecule has 0 unspecified atom stereocenters. The van der Waals surface area contributed by atoms with Crippen LogP contribution in [-0.4, -0.2) is 18.8 Å². The van der Waals surface area contributed by atoms with E-state index in [0.717, 1.165) is 10.8 Å². The van der Waals surface area contributed by atoms with Crippen molar-refractivity contribution in [2.45, 2.75) is 0 Å². The Morgan fingerprint density at radius 1 is 1.26 bits per heavy atom. The van der Waals surface area contributed by atoms with E-state index in [9.17, 15) is 4.79 Å². The predicted octanol–water partition coefficient (Wildman–Crippen LogP) is 3.24. The third kappa shape index (κ3) is 2.74. The van der Waals surface area contributed by atoms with Crippen LogP contribution in [0.5, 0.6) is 11.5 Å². The quantitative estimate of drug-likeness (QED) is 0.402. The van der Waals surface area contributed by atoms with Gasteiger partial charge in [-0.1, -0.05) is 36.9 Å². The van der Waals surface area contributed by atoms with E-state index in [0.29, 0.717) is 17.1 Å². The fraction of sp³-hybridized carbons (Fsp3) is 0.133. The number of carbonyl (C=O) groups excluding carboxylic acids is 1. The number of benzene rings is 2. The lowest BCUT2D eigenvalue weighted by atomic mass is 10.1. The molecule has 4 heteroatoms. The lowest BCUT2D eigenvalue weighted by molar-refractivity contribution is -0.130. The van der Waals surface area contributed by atoms with Crippen LogP contribution in [0.3, 0.4) is 0 Å². The average molecular weight is 274 g/mol. The number of thiol groups is 1. The molecule has 3 nitrogen and oxygen atoms in total. The zero-order valence-electron chi connectivity index (χ0n) is 10.6. The van der Waals surface area contributed by atoms with Gasteiger partial charge < -0.3 is 9.47 Å². The smallest absolute Gasteiger partial charge is 0.339 e. The number of esters is 1. The number of hydrogen-bond donors (Lipinski definition) is 1. The molecule has 0 aliphatic carbocycles. The van der Waals surface area contributed by atoms with Crippen molar-refractivity contribution < 1.29 is 14.3 Å². The van der Waals surface area contributed by atoms with Gasteiger partial charge in [0.1, 0.15) is 0 Å². The summed E-state index contributed by atoms with van der Waals surface area (Å²) >= 11 is 4.00. The first-order valence-electron chi connectivity index (χ1n) is 5.74. The van der Waals surface area contributed by atoms with E-state index in [1.54, 1.807) is 13.2 Å². The van der Waals surface area contributed by atoms with Crippen molar-refractivity contribution in [2.24, 2.45) is 0 Å². The Kier molecular flexibility index (Phi) is 4.12. The van der Waals surface area contributed by atoms with Crippen LogP contribution in [0, 0.1) is 0 Å². The second kappa shape index (κ2) is 5.80. The topological polar surface area (TPSA) is 35.5 Å². The number of carbonyl (C=O) groups is 1. The Bertz CT molecular complexity index is 634.